The first-order chi connectivity index (χ1) is 21.9. The summed E-state index contributed by atoms with van der Waals surface area (Å²) in [5.74, 6) is -0.618. The van der Waals surface area contributed by atoms with Crippen LogP contribution in [0.4, 0.5) is 5.69 Å². The van der Waals surface area contributed by atoms with Gasteiger partial charge in [0.2, 0.25) is 11.8 Å². The van der Waals surface area contributed by atoms with Crippen LogP contribution in [0.1, 0.15) is 36.1 Å². The van der Waals surface area contributed by atoms with Crippen LogP contribution < -0.4 is 14.4 Å². The van der Waals surface area contributed by atoms with Crippen molar-refractivity contribution in [1.29, 1.82) is 0 Å². The van der Waals surface area contributed by atoms with Crippen molar-refractivity contribution in [2.45, 2.75) is 57.6 Å². The molecule has 0 saturated carbocycles. The molecule has 4 aromatic carbocycles. The molecule has 2 amide bonds. The zero-order valence-electron chi connectivity index (χ0n) is 26.7. The van der Waals surface area contributed by atoms with Crippen molar-refractivity contribution in [2.75, 3.05) is 18.0 Å². The summed E-state index contributed by atoms with van der Waals surface area (Å²) in [6.07, 6.45) is 0.219. The number of nitrogens with zero attached hydrogens (tertiary/aromatic N) is 2. The number of anilines is 1. The van der Waals surface area contributed by atoms with E-state index in [9.17, 15) is 18.0 Å². The van der Waals surface area contributed by atoms with Gasteiger partial charge < -0.3 is 15.0 Å². The molecule has 242 valence electrons. The van der Waals surface area contributed by atoms with E-state index in [1.54, 1.807) is 54.6 Å². The fourth-order valence-electron chi connectivity index (χ4n) is 5.07. The van der Waals surface area contributed by atoms with Gasteiger partial charge in [-0.15, -0.1) is 0 Å². The molecule has 0 spiro atoms. The van der Waals surface area contributed by atoms with Crippen LogP contribution in [0, 0.1) is 13.8 Å². The van der Waals surface area contributed by atoms with Crippen LogP contribution in [0.15, 0.2) is 102 Å². The van der Waals surface area contributed by atoms with Crippen molar-refractivity contribution < 1.29 is 22.7 Å². The number of amides is 2. The van der Waals surface area contributed by atoms with Gasteiger partial charge in [0.1, 0.15) is 18.3 Å². The van der Waals surface area contributed by atoms with Crippen LogP contribution in [0.25, 0.3) is 0 Å². The van der Waals surface area contributed by atoms with Crippen molar-refractivity contribution in [3.63, 3.8) is 0 Å². The van der Waals surface area contributed by atoms with E-state index in [1.807, 2.05) is 58.0 Å². The van der Waals surface area contributed by atoms with Gasteiger partial charge in [0.05, 0.1) is 17.7 Å². The third kappa shape index (κ3) is 8.68. The maximum atomic E-state index is 14.6. The Morgan fingerprint density at radius 2 is 1.48 bits per heavy atom. The molecule has 0 heterocycles. The van der Waals surface area contributed by atoms with Crippen molar-refractivity contribution in [2.24, 2.45) is 0 Å². The first-order valence-electron chi connectivity index (χ1n) is 15.0. The Balaban J connectivity index is 1.85. The molecule has 46 heavy (non-hydrogen) atoms. The Kier molecular flexibility index (Phi) is 11.5. The molecule has 0 saturated heterocycles. The number of hydrogen-bond donors (Lipinski definition) is 1. The molecule has 4 aromatic rings. The second-order valence-electron chi connectivity index (χ2n) is 11.5. The highest BCUT2D eigenvalue weighted by atomic mass is 35.5. The average molecular weight is 662 g/mol. The van der Waals surface area contributed by atoms with Crippen LogP contribution in [-0.2, 0) is 32.6 Å². The Morgan fingerprint density at radius 3 is 2.09 bits per heavy atom. The number of methoxy groups -OCH3 is 1. The molecule has 8 nitrogen and oxygen atoms in total. The summed E-state index contributed by atoms with van der Waals surface area (Å²) in [5, 5.41) is 3.49. The van der Waals surface area contributed by atoms with Crippen LogP contribution in [0.5, 0.6) is 5.75 Å². The highest BCUT2D eigenvalue weighted by molar-refractivity contribution is 7.92. The van der Waals surface area contributed by atoms with E-state index < -0.39 is 28.5 Å². The molecule has 0 aliphatic carbocycles. The first kappa shape index (κ1) is 34.5. The highest BCUT2D eigenvalue weighted by Crippen LogP contribution is 2.34. The molecule has 0 fully saturated rings. The molecular formula is C36H40ClN3O5S. The van der Waals surface area contributed by atoms with Gasteiger partial charge in [0.15, 0.2) is 0 Å². The zero-order valence-corrected chi connectivity index (χ0v) is 28.3. The number of rotatable bonds is 13. The number of hydrogen-bond acceptors (Lipinski definition) is 5. The fraction of sp³-hybridized carbons (Fsp3) is 0.278. The van der Waals surface area contributed by atoms with E-state index in [-0.39, 0.29) is 41.2 Å². The summed E-state index contributed by atoms with van der Waals surface area (Å²) < 4.78 is 35.3. The van der Waals surface area contributed by atoms with Crippen LogP contribution >= 0.6 is 11.6 Å². The van der Waals surface area contributed by atoms with E-state index in [2.05, 4.69) is 5.32 Å². The average Bonchev–Trinajstić information content (AvgIpc) is 3.02. The third-order valence-electron chi connectivity index (χ3n) is 7.46. The van der Waals surface area contributed by atoms with Crippen LogP contribution in [-0.4, -0.2) is 50.9 Å². The van der Waals surface area contributed by atoms with E-state index in [1.165, 1.54) is 24.1 Å². The van der Waals surface area contributed by atoms with Gasteiger partial charge in [-0.25, -0.2) is 8.42 Å². The van der Waals surface area contributed by atoms with Crippen molar-refractivity contribution in [3.05, 3.63) is 124 Å². The number of nitrogens with one attached hydrogen (secondary N) is 1. The van der Waals surface area contributed by atoms with Gasteiger partial charge in [0.25, 0.3) is 10.0 Å². The topological polar surface area (TPSA) is 96.0 Å². The lowest BCUT2D eigenvalue weighted by atomic mass is 10.0. The van der Waals surface area contributed by atoms with Crippen molar-refractivity contribution in [3.8, 4) is 5.75 Å². The Labute approximate surface area is 277 Å². The molecule has 0 aromatic heterocycles. The molecule has 0 radical (unpaired) electrons. The Bertz CT molecular complexity index is 1750. The lowest BCUT2D eigenvalue weighted by Crippen LogP contribution is -2.54. The molecule has 0 bridgehead atoms. The monoisotopic (exact) mass is 661 g/mol. The molecule has 1 unspecified atom stereocenters. The summed E-state index contributed by atoms with van der Waals surface area (Å²) in [6.45, 7) is 6.86. The summed E-state index contributed by atoms with van der Waals surface area (Å²) in [4.78, 5) is 29.9. The van der Waals surface area contributed by atoms with Gasteiger partial charge in [-0.3, -0.25) is 13.9 Å². The van der Waals surface area contributed by atoms with E-state index in [4.69, 9.17) is 16.3 Å². The zero-order chi connectivity index (χ0) is 33.4. The number of benzene rings is 4. The van der Waals surface area contributed by atoms with Crippen molar-refractivity contribution >= 4 is 39.1 Å². The second-order valence-corrected chi connectivity index (χ2v) is 13.8. The van der Waals surface area contributed by atoms with Crippen LogP contribution in [0.3, 0.4) is 0 Å². The SMILES string of the molecule is COc1ccc(C)cc1N(CC(=O)N(Cc1ccc(Cl)cc1)C(Cc1ccccc1)C(=O)NC(C)C)S(=O)(=O)c1ccc(C)cc1. The normalized spacial score (nSPS) is 12.0. The maximum Gasteiger partial charge on any atom is 0.264 e. The summed E-state index contributed by atoms with van der Waals surface area (Å²) in [6, 6.07) is 26.9. The number of aryl methyl sites for hydroxylation is 2. The minimum atomic E-state index is -4.26. The summed E-state index contributed by atoms with van der Waals surface area (Å²) >= 11 is 6.15. The summed E-state index contributed by atoms with van der Waals surface area (Å²) in [5.41, 5.74) is 3.47. The van der Waals surface area contributed by atoms with Gasteiger partial charge in [-0.1, -0.05) is 77.8 Å². The lowest BCUT2D eigenvalue weighted by Gasteiger charge is -2.34. The standard InChI is InChI=1S/C36H40ClN3O5S/c1-25(2)38-36(42)33(22-28-9-7-6-8-10-28)39(23-29-14-16-30(37)17-15-29)35(41)24-40(32-21-27(4)13-20-34(32)45-5)46(43,44)31-18-11-26(3)12-19-31/h6-21,25,33H,22-24H2,1-5H3,(H,38,42). The minimum absolute atomic E-state index is 0.0251. The molecule has 4 rings (SSSR count). The third-order valence-corrected chi connectivity index (χ3v) is 9.49. The minimum Gasteiger partial charge on any atom is -0.495 e. The van der Waals surface area contributed by atoms with Gasteiger partial charge in [-0.05, 0) is 80.8 Å². The molecule has 10 heteroatoms. The molecule has 1 N–H and O–H groups in total. The molecule has 0 aliphatic heterocycles. The van der Waals surface area contributed by atoms with E-state index in [0.717, 1.165) is 26.6 Å². The van der Waals surface area contributed by atoms with E-state index in [0.29, 0.717) is 5.02 Å². The fourth-order valence-corrected chi connectivity index (χ4v) is 6.61. The number of ether oxygens (including phenoxy) is 1. The molecule has 0 aliphatic rings. The Hall–Kier alpha value is -4.34. The van der Waals surface area contributed by atoms with Gasteiger partial charge >= 0.3 is 0 Å². The first-order valence-corrected chi connectivity index (χ1v) is 16.8. The molecular weight excluding hydrogens is 622 g/mol. The molecule has 1 atom stereocenters. The quantitative estimate of drug-likeness (QED) is 0.181. The van der Waals surface area contributed by atoms with Gasteiger partial charge in [0, 0.05) is 24.0 Å². The highest BCUT2D eigenvalue weighted by Gasteiger charge is 2.35. The number of carbonyl (C=O) groups is 2. The smallest absolute Gasteiger partial charge is 0.264 e. The largest absolute Gasteiger partial charge is 0.495 e. The number of sulfonamides is 1. The van der Waals surface area contributed by atoms with Gasteiger partial charge in [-0.2, -0.15) is 0 Å². The van der Waals surface area contributed by atoms with E-state index >= 15 is 0 Å². The summed E-state index contributed by atoms with van der Waals surface area (Å²) in [7, 11) is -2.81. The second kappa shape index (κ2) is 15.3. The van der Waals surface area contributed by atoms with Crippen molar-refractivity contribution in [1.82, 2.24) is 10.2 Å². The Morgan fingerprint density at radius 1 is 0.848 bits per heavy atom. The number of halogens is 1. The predicted octanol–water partition coefficient (Wildman–Crippen LogP) is 6.33. The van der Waals surface area contributed by atoms with Crippen LogP contribution in [0.2, 0.25) is 5.02 Å². The lowest BCUT2D eigenvalue weighted by molar-refractivity contribution is -0.140. The number of carbonyl (C=O) groups excluding carboxylic acids is 2. The maximum absolute atomic E-state index is 14.6. The predicted molar refractivity (Wildman–Crippen MR) is 183 cm³/mol.